The first-order valence-electron chi connectivity index (χ1n) is 0.565. The minimum atomic E-state index is -1.50. The Morgan fingerprint density at radius 2 is 1.67 bits per heavy atom. The van der Waals surface area contributed by atoms with E-state index in [0.717, 1.165) is 0 Å². The predicted molar refractivity (Wildman–Crippen MR) is 11.3 cm³/mol. The van der Waals surface area contributed by atoms with Crippen LogP contribution >= 0.6 is 0 Å². The van der Waals surface area contributed by atoms with Crippen molar-refractivity contribution in [3.63, 3.8) is 0 Å². The van der Waals surface area contributed by atoms with E-state index in [1.54, 1.807) is 0 Å². The minimum absolute atomic E-state index is 0. The maximum atomic E-state index is 8.36. The number of hydrogen-bond donors (Lipinski definition) is 1. The number of hydrogen-bond acceptors (Lipinski definition) is 2. The smallest absolute Gasteiger partial charge is 0.291 e. The summed E-state index contributed by atoms with van der Waals surface area (Å²) in [5.74, 6) is 0. The monoisotopic (exact) mass is 190 g/mol. The van der Waals surface area contributed by atoms with E-state index in [4.69, 9.17) is 15.3 Å². The van der Waals surface area contributed by atoms with Gasteiger partial charge in [0.05, 0.1) is 0 Å². The quantitative estimate of drug-likeness (QED) is 0.327. The molecule has 0 saturated carbocycles. The van der Waals surface area contributed by atoms with E-state index >= 15 is 0 Å². The molecule has 0 rings (SSSR count). The van der Waals surface area contributed by atoms with E-state index in [2.05, 4.69) is 0 Å². The molecule has 1 radical (unpaired) electrons. The summed E-state index contributed by atoms with van der Waals surface area (Å²) in [4.78, 5) is 8.36. The SMILES string of the molecule is F.O=[N+]([O-])O.[Ag]. The average Bonchev–Trinajstić information content (AvgIpc) is 0.811. The Morgan fingerprint density at radius 3 is 1.67 bits per heavy atom. The average molecular weight is 191 g/mol. The molecule has 0 aromatic rings. The molecule has 0 aliphatic heterocycles. The molecule has 0 atom stereocenters. The largest absolute Gasteiger partial charge is 0.328 e. The molecule has 4 nitrogen and oxygen atoms in total. The van der Waals surface area contributed by atoms with Gasteiger partial charge >= 0.3 is 0 Å². The normalized spacial score (nSPS) is 4.00. The molecule has 0 saturated heterocycles. The summed E-state index contributed by atoms with van der Waals surface area (Å²) in [7, 11) is 0. The zero-order valence-corrected chi connectivity index (χ0v) is 3.90. The Morgan fingerprint density at radius 1 is 1.67 bits per heavy atom. The third kappa shape index (κ3) is 1890. The maximum absolute atomic E-state index is 8.36. The number of nitrogens with zero attached hydrogens (tertiary/aromatic N) is 1. The van der Waals surface area contributed by atoms with Crippen molar-refractivity contribution in [1.82, 2.24) is 0 Å². The Labute approximate surface area is 48.1 Å². The summed E-state index contributed by atoms with van der Waals surface area (Å²) in [5.41, 5.74) is 0. The molecular formula is H2AgFNO3. The van der Waals surface area contributed by atoms with Crippen LogP contribution in [0.15, 0.2) is 0 Å². The summed E-state index contributed by atoms with van der Waals surface area (Å²) in [6.07, 6.45) is 0. The van der Waals surface area contributed by atoms with Gasteiger partial charge in [-0.3, -0.25) is 4.70 Å². The van der Waals surface area contributed by atoms with Crippen LogP contribution in [0.25, 0.3) is 0 Å². The topological polar surface area (TPSA) is 63.4 Å². The van der Waals surface area contributed by atoms with Crippen molar-refractivity contribution in [2.45, 2.75) is 0 Å². The zero-order chi connectivity index (χ0) is 3.58. The first kappa shape index (κ1) is 16.9. The second-order valence-electron chi connectivity index (χ2n) is 0.238. The zero-order valence-electron chi connectivity index (χ0n) is 2.42. The second-order valence-corrected chi connectivity index (χ2v) is 0.238. The molecule has 0 aliphatic rings. The Kier molecular flexibility index (Phi) is 24.9. The molecule has 0 amide bonds. The van der Waals surface area contributed by atoms with Gasteiger partial charge < -0.3 is 5.21 Å². The first-order chi connectivity index (χ1) is 1.73. The first-order valence-corrected chi connectivity index (χ1v) is 0.565. The van der Waals surface area contributed by atoms with E-state index in [1.165, 1.54) is 0 Å². The molecule has 6 heavy (non-hydrogen) atoms. The molecule has 0 aromatic heterocycles. The Bertz CT molecular complexity index is 33.8. The van der Waals surface area contributed by atoms with E-state index < -0.39 is 5.09 Å². The second kappa shape index (κ2) is 8.86. The number of rotatable bonds is 0. The molecule has 0 unspecified atom stereocenters. The van der Waals surface area contributed by atoms with E-state index in [-0.39, 0.29) is 27.1 Å². The van der Waals surface area contributed by atoms with Crippen LogP contribution in [0, 0.1) is 10.1 Å². The van der Waals surface area contributed by atoms with Gasteiger partial charge in [-0.05, 0) is 0 Å². The molecule has 43 valence electrons. The third-order valence-electron chi connectivity index (χ3n) is 0. The van der Waals surface area contributed by atoms with Crippen LogP contribution < -0.4 is 0 Å². The van der Waals surface area contributed by atoms with E-state index in [9.17, 15) is 0 Å². The van der Waals surface area contributed by atoms with Crippen LogP contribution in [0.1, 0.15) is 0 Å². The van der Waals surface area contributed by atoms with Crippen molar-refractivity contribution >= 4 is 0 Å². The molecule has 6 heteroatoms. The molecule has 0 aliphatic carbocycles. The Hall–Kier alpha value is -0.130. The van der Waals surface area contributed by atoms with Crippen LogP contribution in [-0.2, 0) is 22.4 Å². The van der Waals surface area contributed by atoms with Crippen LogP contribution in [0.3, 0.4) is 0 Å². The van der Waals surface area contributed by atoms with Crippen LogP contribution in [0.5, 0.6) is 0 Å². The standard InChI is InChI=1S/Ag.FH.HNO3/c;;2-1(3)4/h;1H;(H,2,3,4). The van der Waals surface area contributed by atoms with Crippen LogP contribution in [-0.4, -0.2) is 10.3 Å². The van der Waals surface area contributed by atoms with Crippen molar-refractivity contribution in [3.8, 4) is 0 Å². The van der Waals surface area contributed by atoms with Gasteiger partial charge in [0.1, 0.15) is 0 Å². The van der Waals surface area contributed by atoms with Gasteiger partial charge in [-0.25, -0.2) is 0 Å². The van der Waals surface area contributed by atoms with Crippen LogP contribution in [0.4, 0.5) is 4.70 Å². The van der Waals surface area contributed by atoms with Crippen LogP contribution in [0.2, 0.25) is 0 Å². The van der Waals surface area contributed by atoms with Gasteiger partial charge in [-0.15, -0.1) is 10.1 Å². The summed E-state index contributed by atoms with van der Waals surface area (Å²) in [5, 5.41) is 13.6. The van der Waals surface area contributed by atoms with Gasteiger partial charge in [-0.1, -0.05) is 0 Å². The van der Waals surface area contributed by atoms with Crippen molar-refractivity contribution in [3.05, 3.63) is 10.1 Å². The van der Waals surface area contributed by atoms with Crippen molar-refractivity contribution in [2.75, 3.05) is 0 Å². The van der Waals surface area contributed by atoms with Gasteiger partial charge in [0.2, 0.25) is 0 Å². The van der Waals surface area contributed by atoms with Gasteiger partial charge in [-0.2, -0.15) is 0 Å². The summed E-state index contributed by atoms with van der Waals surface area (Å²) in [6, 6.07) is 0. The van der Waals surface area contributed by atoms with Crippen molar-refractivity contribution < 1.29 is 37.4 Å². The molecule has 1 N–H and O–H groups in total. The van der Waals surface area contributed by atoms with Crippen molar-refractivity contribution in [1.29, 1.82) is 0 Å². The fourth-order valence-corrected chi connectivity index (χ4v) is 0. The predicted octanol–water partition coefficient (Wildman–Crippen LogP) is -0.198. The van der Waals surface area contributed by atoms with E-state index in [0.29, 0.717) is 0 Å². The molecule has 0 bridgehead atoms. The third-order valence-corrected chi connectivity index (χ3v) is 0. The fourth-order valence-electron chi connectivity index (χ4n) is 0. The summed E-state index contributed by atoms with van der Waals surface area (Å²) < 4.78 is 0. The fraction of sp³-hybridized carbons (Fsp3) is 0. The van der Waals surface area contributed by atoms with E-state index in [1.807, 2.05) is 0 Å². The Balaban J connectivity index is -0.0000000450. The molecular weight excluding hydrogens is 189 g/mol. The summed E-state index contributed by atoms with van der Waals surface area (Å²) in [6.45, 7) is 0. The minimum Gasteiger partial charge on any atom is -0.328 e. The van der Waals surface area contributed by atoms with Gasteiger partial charge in [0.15, 0.2) is 0 Å². The van der Waals surface area contributed by atoms with Gasteiger partial charge in [0, 0.05) is 22.4 Å². The molecule has 0 aromatic carbocycles. The molecule has 0 fully saturated rings. The summed E-state index contributed by atoms with van der Waals surface area (Å²) >= 11 is 0. The van der Waals surface area contributed by atoms with Crippen molar-refractivity contribution in [2.24, 2.45) is 0 Å². The number of halogens is 1. The molecule has 0 spiro atoms. The molecule has 0 heterocycles. The van der Waals surface area contributed by atoms with Gasteiger partial charge in [0.25, 0.3) is 5.09 Å². The maximum Gasteiger partial charge on any atom is 0.291 e.